The van der Waals surface area contributed by atoms with Crippen molar-refractivity contribution in [3.8, 4) is 0 Å². The lowest BCUT2D eigenvalue weighted by Gasteiger charge is -2.21. The van der Waals surface area contributed by atoms with E-state index in [-0.39, 0.29) is 5.56 Å². The zero-order valence-electron chi connectivity index (χ0n) is 15.0. The lowest BCUT2D eigenvalue weighted by molar-refractivity contribution is 0.0697. The topological polar surface area (TPSA) is 98.4 Å². The Kier molecular flexibility index (Phi) is 5.12. The van der Waals surface area contributed by atoms with E-state index in [0.717, 1.165) is 11.3 Å². The summed E-state index contributed by atoms with van der Waals surface area (Å²) in [7, 11) is 3.36. The van der Waals surface area contributed by atoms with Gasteiger partial charge in [0, 0.05) is 30.9 Å². The lowest BCUT2D eigenvalue weighted by Crippen LogP contribution is -2.29. The number of fused-ring (bicyclic) bond motifs is 1. The van der Waals surface area contributed by atoms with Crippen molar-refractivity contribution in [3.05, 3.63) is 66.2 Å². The molecule has 0 aliphatic carbocycles. The van der Waals surface area contributed by atoms with Gasteiger partial charge in [0.1, 0.15) is 5.71 Å². The number of rotatable bonds is 2. The van der Waals surface area contributed by atoms with Crippen LogP contribution in [0, 0.1) is 0 Å². The Morgan fingerprint density at radius 1 is 1.19 bits per heavy atom. The van der Waals surface area contributed by atoms with Gasteiger partial charge in [-0.25, -0.2) is 14.8 Å². The molecule has 27 heavy (non-hydrogen) atoms. The molecule has 7 heteroatoms. The Labute approximate surface area is 156 Å². The molecule has 2 aromatic carbocycles. The van der Waals surface area contributed by atoms with E-state index in [1.807, 2.05) is 30.3 Å². The van der Waals surface area contributed by atoms with Crippen molar-refractivity contribution in [2.45, 2.75) is 0 Å². The quantitative estimate of drug-likeness (QED) is 0.565. The molecule has 1 heterocycles. The average molecular weight is 361 g/mol. The normalized spacial score (nSPS) is 15.2. The van der Waals surface area contributed by atoms with E-state index in [1.165, 1.54) is 12.1 Å². The molecule has 0 saturated carbocycles. The van der Waals surface area contributed by atoms with E-state index < -0.39 is 5.97 Å². The van der Waals surface area contributed by atoms with Crippen molar-refractivity contribution < 1.29 is 9.90 Å². The van der Waals surface area contributed by atoms with Crippen LogP contribution in [-0.4, -0.2) is 42.7 Å². The Morgan fingerprint density at radius 3 is 2.56 bits per heavy atom. The summed E-state index contributed by atoms with van der Waals surface area (Å²) >= 11 is 0. The highest BCUT2D eigenvalue weighted by molar-refractivity contribution is 6.62. The summed E-state index contributed by atoms with van der Waals surface area (Å²) in [6.07, 6.45) is 0. The number of para-hydroxylation sites is 1. The largest absolute Gasteiger partial charge is 0.478 e. The number of hydrogen-bond donors (Lipinski definition) is 3. The number of amidine groups is 1. The van der Waals surface area contributed by atoms with Gasteiger partial charge < -0.3 is 15.7 Å². The molecule has 7 nitrogen and oxygen atoms in total. The predicted octanol–water partition coefficient (Wildman–Crippen LogP) is 3.20. The van der Waals surface area contributed by atoms with E-state index in [4.69, 9.17) is 0 Å². The van der Waals surface area contributed by atoms with E-state index in [0.29, 0.717) is 28.8 Å². The maximum atomic E-state index is 11.3. The number of carboxylic acids is 1. The molecule has 1 aliphatic heterocycles. The summed E-state index contributed by atoms with van der Waals surface area (Å²) in [5, 5.41) is 15.4. The minimum absolute atomic E-state index is 0.163. The van der Waals surface area contributed by atoms with Crippen LogP contribution in [0.3, 0.4) is 0 Å². The fraction of sp³-hybridized carbons (Fsp3) is 0.100. The number of anilines is 1. The van der Waals surface area contributed by atoms with Gasteiger partial charge in [-0.05, 0) is 24.3 Å². The second-order valence-corrected chi connectivity index (χ2v) is 5.72. The van der Waals surface area contributed by atoms with Crippen LogP contribution in [0.4, 0.5) is 11.4 Å². The molecule has 0 bridgehead atoms. The summed E-state index contributed by atoms with van der Waals surface area (Å²) in [5.41, 5.74) is 3.40. The molecule has 136 valence electrons. The Bertz CT molecular complexity index is 991. The number of hydrogen-bond acceptors (Lipinski definition) is 4. The molecule has 0 unspecified atom stereocenters. The highest BCUT2D eigenvalue weighted by Crippen LogP contribution is 2.33. The number of nitrogens with zero attached hydrogens (tertiary/aromatic N) is 3. The molecule has 0 fully saturated rings. The van der Waals surface area contributed by atoms with Crippen molar-refractivity contribution >= 4 is 40.4 Å². The molecule has 0 amide bonds. The van der Waals surface area contributed by atoms with Crippen LogP contribution in [0.5, 0.6) is 0 Å². The second kappa shape index (κ2) is 7.65. The standard InChI is InChI=1S/C20H19N5O2/c1-12-15-10-9-13(19(26)27)11-16(15)24-18(17(12)25-20(21-2)22-3)23-14-7-5-4-6-8-14/h4-11H,1H2,2-3H3,(H,21,22)(H,23,24)(H,26,27). The Balaban J connectivity index is 2.14. The second-order valence-electron chi connectivity index (χ2n) is 5.72. The molecule has 2 aromatic rings. The van der Waals surface area contributed by atoms with Crippen LogP contribution in [0.2, 0.25) is 0 Å². The van der Waals surface area contributed by atoms with Crippen LogP contribution in [-0.2, 0) is 0 Å². The van der Waals surface area contributed by atoms with Gasteiger partial charge in [0.2, 0.25) is 5.96 Å². The number of guanidine groups is 1. The highest BCUT2D eigenvalue weighted by Gasteiger charge is 2.24. The Hall–Kier alpha value is -3.74. The highest BCUT2D eigenvalue weighted by atomic mass is 16.4. The number of nitrogens with one attached hydrogen (secondary N) is 2. The minimum atomic E-state index is -1.01. The zero-order valence-corrected chi connectivity index (χ0v) is 15.0. The molecular weight excluding hydrogens is 342 g/mol. The van der Waals surface area contributed by atoms with E-state index >= 15 is 0 Å². The molecule has 0 spiro atoms. The number of carboxylic acid groups (broad SMARTS) is 1. The van der Waals surface area contributed by atoms with E-state index in [2.05, 4.69) is 32.2 Å². The van der Waals surface area contributed by atoms with Gasteiger partial charge in [0.05, 0.1) is 11.3 Å². The Morgan fingerprint density at radius 2 is 1.93 bits per heavy atom. The molecule has 3 N–H and O–H groups in total. The summed E-state index contributed by atoms with van der Waals surface area (Å²) in [6.45, 7) is 4.14. The molecule has 0 radical (unpaired) electrons. The summed E-state index contributed by atoms with van der Waals surface area (Å²) in [6, 6.07) is 14.3. The van der Waals surface area contributed by atoms with Crippen molar-refractivity contribution in [3.63, 3.8) is 0 Å². The van der Waals surface area contributed by atoms with Gasteiger partial charge in [-0.2, -0.15) is 0 Å². The first-order valence-corrected chi connectivity index (χ1v) is 8.25. The third-order valence-electron chi connectivity index (χ3n) is 4.00. The predicted molar refractivity (Wildman–Crippen MR) is 109 cm³/mol. The summed E-state index contributed by atoms with van der Waals surface area (Å²) in [4.78, 5) is 24.5. The lowest BCUT2D eigenvalue weighted by atomic mass is 9.95. The van der Waals surface area contributed by atoms with Crippen LogP contribution < -0.4 is 10.6 Å². The number of aromatic carboxylic acids is 1. The SMILES string of the molecule is C=C1C(=NC(=NC)NC)C(Nc2ccccc2)=Nc2cc(C(=O)O)ccc21. The number of carbonyl (C=O) groups is 1. The number of benzene rings is 2. The smallest absolute Gasteiger partial charge is 0.335 e. The minimum Gasteiger partial charge on any atom is -0.478 e. The maximum Gasteiger partial charge on any atom is 0.335 e. The first-order valence-electron chi connectivity index (χ1n) is 8.25. The molecule has 0 saturated heterocycles. The first kappa shape index (κ1) is 18.1. The third-order valence-corrected chi connectivity index (χ3v) is 4.00. The monoisotopic (exact) mass is 361 g/mol. The van der Waals surface area contributed by atoms with Crippen LogP contribution in [0.15, 0.2) is 70.1 Å². The fourth-order valence-electron chi connectivity index (χ4n) is 2.65. The van der Waals surface area contributed by atoms with E-state index in [1.54, 1.807) is 20.2 Å². The van der Waals surface area contributed by atoms with Gasteiger partial charge in [-0.1, -0.05) is 30.8 Å². The molecule has 0 atom stereocenters. The van der Waals surface area contributed by atoms with Gasteiger partial charge in [0.15, 0.2) is 5.84 Å². The van der Waals surface area contributed by atoms with Crippen LogP contribution >= 0.6 is 0 Å². The van der Waals surface area contributed by atoms with E-state index in [9.17, 15) is 9.90 Å². The zero-order chi connectivity index (χ0) is 19.4. The summed E-state index contributed by atoms with van der Waals surface area (Å²) in [5.74, 6) is -0.108. The molecule has 1 aliphatic rings. The van der Waals surface area contributed by atoms with Gasteiger partial charge >= 0.3 is 5.97 Å². The fourth-order valence-corrected chi connectivity index (χ4v) is 2.65. The van der Waals surface area contributed by atoms with Crippen molar-refractivity contribution in [1.29, 1.82) is 0 Å². The summed E-state index contributed by atoms with van der Waals surface area (Å²) < 4.78 is 0. The van der Waals surface area contributed by atoms with Crippen LogP contribution in [0.1, 0.15) is 15.9 Å². The van der Waals surface area contributed by atoms with Crippen molar-refractivity contribution in [1.82, 2.24) is 5.32 Å². The average Bonchev–Trinajstić information content (AvgIpc) is 2.68. The maximum absolute atomic E-state index is 11.3. The van der Waals surface area contributed by atoms with Crippen molar-refractivity contribution in [2.24, 2.45) is 15.0 Å². The number of aliphatic imine (C=N–C) groups is 3. The van der Waals surface area contributed by atoms with Gasteiger partial charge in [-0.3, -0.25) is 4.99 Å². The van der Waals surface area contributed by atoms with Crippen molar-refractivity contribution in [2.75, 3.05) is 19.4 Å². The van der Waals surface area contributed by atoms with Gasteiger partial charge in [-0.15, -0.1) is 0 Å². The molecule has 3 rings (SSSR count). The van der Waals surface area contributed by atoms with Gasteiger partial charge in [0.25, 0.3) is 0 Å². The first-order chi connectivity index (χ1) is 13.0. The van der Waals surface area contributed by atoms with Crippen LogP contribution in [0.25, 0.3) is 5.57 Å². The molecular formula is C20H19N5O2. The third kappa shape index (κ3) is 3.77. The molecule has 0 aromatic heterocycles.